The van der Waals surface area contributed by atoms with Gasteiger partial charge in [0.25, 0.3) is 0 Å². The summed E-state index contributed by atoms with van der Waals surface area (Å²) in [6.07, 6.45) is 4.90. The van der Waals surface area contributed by atoms with Crippen LogP contribution in [0.1, 0.15) is 46.5 Å². The molecule has 19 heavy (non-hydrogen) atoms. The first kappa shape index (κ1) is 16.9. The third-order valence-electron chi connectivity index (χ3n) is 4.06. The Labute approximate surface area is 118 Å². The van der Waals surface area contributed by atoms with Crippen LogP contribution in [0, 0.1) is 0 Å². The molecule has 2 N–H and O–H groups in total. The molecule has 4 heteroatoms. The Kier molecular flexibility index (Phi) is 7.91. The standard InChI is InChI=1S/C15H32N2O2/c1-4-9-16-15(3,13-18)8-10-17(5-2)12-14-7-6-11-19-14/h14,16,18H,4-13H2,1-3H3. The van der Waals surface area contributed by atoms with Crippen molar-refractivity contribution in [3.63, 3.8) is 0 Å². The van der Waals surface area contributed by atoms with Crippen molar-refractivity contribution in [3.05, 3.63) is 0 Å². The summed E-state index contributed by atoms with van der Waals surface area (Å²) in [5.74, 6) is 0. The van der Waals surface area contributed by atoms with Crippen molar-refractivity contribution in [3.8, 4) is 0 Å². The predicted molar refractivity (Wildman–Crippen MR) is 79.5 cm³/mol. The lowest BCUT2D eigenvalue weighted by Crippen LogP contribution is -2.48. The molecule has 0 aliphatic carbocycles. The van der Waals surface area contributed by atoms with Crippen LogP contribution in [0.3, 0.4) is 0 Å². The van der Waals surface area contributed by atoms with Gasteiger partial charge >= 0.3 is 0 Å². The summed E-state index contributed by atoms with van der Waals surface area (Å²) in [4.78, 5) is 2.44. The number of aliphatic hydroxyl groups is 1. The molecule has 0 radical (unpaired) electrons. The fourth-order valence-corrected chi connectivity index (χ4v) is 2.51. The number of hydrogen-bond acceptors (Lipinski definition) is 4. The van der Waals surface area contributed by atoms with Crippen LogP contribution in [0.15, 0.2) is 0 Å². The molecule has 2 atom stereocenters. The van der Waals surface area contributed by atoms with Gasteiger partial charge in [0.1, 0.15) is 0 Å². The Hall–Kier alpha value is -0.160. The fraction of sp³-hybridized carbons (Fsp3) is 1.00. The van der Waals surface area contributed by atoms with Crippen LogP contribution in [0.4, 0.5) is 0 Å². The quantitative estimate of drug-likeness (QED) is 0.634. The van der Waals surface area contributed by atoms with Crippen LogP contribution in [0.2, 0.25) is 0 Å². The van der Waals surface area contributed by atoms with Gasteiger partial charge < -0.3 is 20.1 Å². The number of rotatable bonds is 10. The largest absolute Gasteiger partial charge is 0.394 e. The molecule has 114 valence electrons. The van der Waals surface area contributed by atoms with E-state index in [1.807, 2.05) is 0 Å². The van der Waals surface area contributed by atoms with E-state index in [9.17, 15) is 5.11 Å². The normalized spacial score (nSPS) is 22.9. The minimum absolute atomic E-state index is 0.153. The van der Waals surface area contributed by atoms with Gasteiger partial charge in [-0.05, 0) is 45.7 Å². The van der Waals surface area contributed by atoms with Crippen molar-refractivity contribution in [2.24, 2.45) is 0 Å². The molecule has 0 aromatic rings. The summed E-state index contributed by atoms with van der Waals surface area (Å²) in [6.45, 7) is 11.7. The Bertz CT molecular complexity index is 232. The van der Waals surface area contributed by atoms with Crippen molar-refractivity contribution in [1.29, 1.82) is 0 Å². The molecule has 1 fully saturated rings. The highest BCUT2D eigenvalue weighted by Crippen LogP contribution is 2.15. The maximum Gasteiger partial charge on any atom is 0.0702 e. The first-order valence-electron chi connectivity index (χ1n) is 7.83. The third-order valence-corrected chi connectivity index (χ3v) is 4.06. The second kappa shape index (κ2) is 8.90. The zero-order chi connectivity index (χ0) is 14.1. The second-order valence-electron chi connectivity index (χ2n) is 5.92. The van der Waals surface area contributed by atoms with Gasteiger partial charge in [-0.15, -0.1) is 0 Å². The Morgan fingerprint density at radius 3 is 2.74 bits per heavy atom. The molecule has 1 aliphatic rings. The van der Waals surface area contributed by atoms with Gasteiger partial charge in [-0.1, -0.05) is 13.8 Å². The van der Waals surface area contributed by atoms with Crippen LogP contribution in [0.5, 0.6) is 0 Å². The van der Waals surface area contributed by atoms with Crippen LogP contribution in [0.25, 0.3) is 0 Å². The highest BCUT2D eigenvalue weighted by atomic mass is 16.5. The number of nitrogens with one attached hydrogen (secondary N) is 1. The molecular weight excluding hydrogens is 240 g/mol. The molecule has 0 bridgehead atoms. The monoisotopic (exact) mass is 272 g/mol. The van der Waals surface area contributed by atoms with Crippen molar-refractivity contribution < 1.29 is 9.84 Å². The van der Waals surface area contributed by atoms with Gasteiger partial charge in [0.05, 0.1) is 12.7 Å². The highest BCUT2D eigenvalue weighted by Gasteiger charge is 2.24. The third kappa shape index (κ3) is 6.21. The van der Waals surface area contributed by atoms with Gasteiger partial charge in [0, 0.05) is 25.2 Å². The summed E-state index contributed by atoms with van der Waals surface area (Å²) < 4.78 is 5.70. The van der Waals surface area contributed by atoms with Crippen LogP contribution < -0.4 is 5.32 Å². The summed E-state index contributed by atoms with van der Waals surface area (Å²) in [5, 5.41) is 13.0. The second-order valence-corrected chi connectivity index (χ2v) is 5.92. The van der Waals surface area contributed by atoms with E-state index in [0.29, 0.717) is 6.10 Å². The van der Waals surface area contributed by atoms with E-state index >= 15 is 0 Å². The number of likely N-dealkylation sites (N-methyl/N-ethyl adjacent to an activating group) is 1. The molecule has 1 aliphatic heterocycles. The predicted octanol–water partition coefficient (Wildman–Crippen LogP) is 1.63. The van der Waals surface area contributed by atoms with Gasteiger partial charge in [-0.2, -0.15) is 0 Å². The van der Waals surface area contributed by atoms with Crippen LogP contribution in [-0.4, -0.2) is 61.0 Å². The molecule has 0 amide bonds. The highest BCUT2D eigenvalue weighted by molar-refractivity contribution is 4.83. The lowest BCUT2D eigenvalue weighted by Gasteiger charge is -2.32. The van der Waals surface area contributed by atoms with Crippen molar-refractivity contribution >= 4 is 0 Å². The zero-order valence-corrected chi connectivity index (χ0v) is 13.0. The average Bonchev–Trinajstić information content (AvgIpc) is 2.94. The lowest BCUT2D eigenvalue weighted by atomic mass is 9.98. The minimum atomic E-state index is -0.153. The van der Waals surface area contributed by atoms with Crippen LogP contribution >= 0.6 is 0 Å². The van der Waals surface area contributed by atoms with Crippen LogP contribution in [-0.2, 0) is 4.74 Å². The zero-order valence-electron chi connectivity index (χ0n) is 13.0. The van der Waals surface area contributed by atoms with Gasteiger partial charge in [-0.3, -0.25) is 0 Å². The van der Waals surface area contributed by atoms with E-state index in [4.69, 9.17) is 4.74 Å². The summed E-state index contributed by atoms with van der Waals surface area (Å²) in [5.41, 5.74) is -0.153. The Morgan fingerprint density at radius 2 is 2.21 bits per heavy atom. The SMILES string of the molecule is CCCNC(C)(CO)CCN(CC)CC1CCCO1. The van der Waals surface area contributed by atoms with E-state index in [-0.39, 0.29) is 12.1 Å². The summed E-state index contributed by atoms with van der Waals surface area (Å²) >= 11 is 0. The maximum atomic E-state index is 9.58. The van der Waals surface area contributed by atoms with Gasteiger partial charge in [0.2, 0.25) is 0 Å². The number of aliphatic hydroxyl groups excluding tert-OH is 1. The first-order chi connectivity index (χ1) is 9.13. The van der Waals surface area contributed by atoms with Gasteiger partial charge in [0.15, 0.2) is 0 Å². The molecule has 1 saturated heterocycles. The minimum Gasteiger partial charge on any atom is -0.394 e. The number of hydrogen-bond donors (Lipinski definition) is 2. The fourth-order valence-electron chi connectivity index (χ4n) is 2.51. The molecule has 0 aromatic heterocycles. The topological polar surface area (TPSA) is 44.7 Å². The molecule has 0 saturated carbocycles. The molecule has 4 nitrogen and oxygen atoms in total. The first-order valence-corrected chi connectivity index (χ1v) is 7.83. The Balaban J connectivity index is 2.32. The van der Waals surface area contributed by atoms with E-state index < -0.39 is 0 Å². The van der Waals surface area contributed by atoms with Gasteiger partial charge in [-0.25, -0.2) is 0 Å². The smallest absolute Gasteiger partial charge is 0.0702 e. The average molecular weight is 272 g/mol. The maximum absolute atomic E-state index is 9.58. The van der Waals surface area contributed by atoms with E-state index in [1.54, 1.807) is 0 Å². The molecule has 1 rings (SSSR count). The molecular formula is C15H32N2O2. The molecule has 1 heterocycles. The Morgan fingerprint density at radius 1 is 1.42 bits per heavy atom. The van der Waals surface area contributed by atoms with Crippen molar-refractivity contribution in [1.82, 2.24) is 10.2 Å². The molecule has 2 unspecified atom stereocenters. The number of nitrogens with zero attached hydrogens (tertiary/aromatic N) is 1. The van der Waals surface area contributed by atoms with E-state index in [1.165, 1.54) is 12.8 Å². The van der Waals surface area contributed by atoms with Crippen molar-refractivity contribution in [2.45, 2.75) is 58.1 Å². The lowest BCUT2D eigenvalue weighted by molar-refractivity contribution is 0.0682. The summed E-state index contributed by atoms with van der Waals surface area (Å²) in [7, 11) is 0. The summed E-state index contributed by atoms with van der Waals surface area (Å²) in [6, 6.07) is 0. The molecule has 0 aromatic carbocycles. The van der Waals surface area contributed by atoms with E-state index in [2.05, 4.69) is 31.0 Å². The van der Waals surface area contributed by atoms with E-state index in [0.717, 1.165) is 45.6 Å². The number of ether oxygens (including phenoxy) is 1. The molecule has 0 spiro atoms. The van der Waals surface area contributed by atoms with Crippen molar-refractivity contribution in [2.75, 3.05) is 39.4 Å².